The Bertz CT molecular complexity index is 287. The SMILES string of the molecule is C=C(C)CC1=CC(C)(C)N(O)C1(C)C. The molecule has 2 nitrogen and oxygen atoms in total. The lowest BCUT2D eigenvalue weighted by atomic mass is 9.91. The van der Waals surface area contributed by atoms with E-state index in [0.29, 0.717) is 0 Å². The maximum atomic E-state index is 10.0. The van der Waals surface area contributed by atoms with Gasteiger partial charge in [-0.15, -0.1) is 0 Å². The van der Waals surface area contributed by atoms with Gasteiger partial charge in [0.1, 0.15) is 0 Å². The van der Waals surface area contributed by atoms with Crippen LogP contribution in [0.15, 0.2) is 23.8 Å². The molecule has 1 aliphatic rings. The van der Waals surface area contributed by atoms with E-state index in [0.717, 1.165) is 12.0 Å². The smallest absolute Gasteiger partial charge is 0.0626 e. The Labute approximate surface area is 86.9 Å². The van der Waals surface area contributed by atoms with Crippen molar-refractivity contribution in [1.29, 1.82) is 0 Å². The third-order valence-corrected chi connectivity index (χ3v) is 2.88. The van der Waals surface area contributed by atoms with Crippen molar-refractivity contribution in [2.75, 3.05) is 0 Å². The minimum atomic E-state index is -0.275. The van der Waals surface area contributed by atoms with Crippen LogP contribution in [0.1, 0.15) is 41.0 Å². The molecule has 0 atom stereocenters. The summed E-state index contributed by atoms with van der Waals surface area (Å²) >= 11 is 0. The zero-order valence-electron chi connectivity index (χ0n) is 9.89. The van der Waals surface area contributed by atoms with E-state index in [-0.39, 0.29) is 11.1 Å². The summed E-state index contributed by atoms with van der Waals surface area (Å²) in [4.78, 5) is 0. The molecule has 0 saturated heterocycles. The van der Waals surface area contributed by atoms with Gasteiger partial charge < -0.3 is 5.21 Å². The van der Waals surface area contributed by atoms with E-state index < -0.39 is 0 Å². The molecule has 2 heteroatoms. The van der Waals surface area contributed by atoms with Crippen LogP contribution in [0.5, 0.6) is 0 Å². The zero-order chi connectivity index (χ0) is 11.1. The summed E-state index contributed by atoms with van der Waals surface area (Å²) in [6, 6.07) is 0. The van der Waals surface area contributed by atoms with E-state index in [4.69, 9.17) is 0 Å². The fourth-order valence-corrected chi connectivity index (χ4v) is 2.11. The van der Waals surface area contributed by atoms with Gasteiger partial charge in [0.25, 0.3) is 0 Å². The molecule has 80 valence electrons. The second-order valence-corrected chi connectivity index (χ2v) is 5.33. The highest BCUT2D eigenvalue weighted by atomic mass is 16.5. The molecule has 1 N–H and O–H groups in total. The van der Waals surface area contributed by atoms with E-state index >= 15 is 0 Å². The van der Waals surface area contributed by atoms with Gasteiger partial charge >= 0.3 is 0 Å². The highest BCUT2D eigenvalue weighted by Crippen LogP contribution is 2.40. The average molecular weight is 195 g/mol. The lowest BCUT2D eigenvalue weighted by Gasteiger charge is -2.36. The third kappa shape index (κ3) is 1.77. The Morgan fingerprint density at radius 1 is 1.43 bits per heavy atom. The maximum Gasteiger partial charge on any atom is 0.0626 e. The number of rotatable bonds is 2. The standard InChI is InChI=1S/C12H21NO/c1-9(2)7-10-8-11(3,4)13(14)12(10,5)6/h8,14H,1,7H2,2-6H3. The number of hydrogen-bond donors (Lipinski definition) is 1. The van der Waals surface area contributed by atoms with Crippen molar-refractivity contribution in [3.05, 3.63) is 23.8 Å². The predicted octanol–water partition coefficient (Wildman–Crippen LogP) is 3.14. The molecule has 0 aromatic rings. The minimum absolute atomic E-state index is 0.270. The molecule has 0 aliphatic carbocycles. The summed E-state index contributed by atoms with van der Waals surface area (Å²) < 4.78 is 0. The molecule has 0 saturated carbocycles. The molecule has 0 amide bonds. The first-order valence-corrected chi connectivity index (χ1v) is 5.04. The minimum Gasteiger partial charge on any atom is -0.312 e. The van der Waals surface area contributed by atoms with Crippen molar-refractivity contribution in [3.63, 3.8) is 0 Å². The maximum absolute atomic E-state index is 10.0. The predicted molar refractivity (Wildman–Crippen MR) is 59.3 cm³/mol. The molecular weight excluding hydrogens is 174 g/mol. The molecular formula is C12H21NO. The van der Waals surface area contributed by atoms with Gasteiger partial charge in [0.2, 0.25) is 0 Å². The summed E-state index contributed by atoms with van der Waals surface area (Å²) in [6.07, 6.45) is 3.01. The Kier molecular flexibility index (Phi) is 2.63. The van der Waals surface area contributed by atoms with Crippen LogP contribution in [0.4, 0.5) is 0 Å². The molecule has 0 aromatic carbocycles. The van der Waals surface area contributed by atoms with E-state index in [1.165, 1.54) is 10.6 Å². The number of hydrogen-bond acceptors (Lipinski definition) is 2. The van der Waals surface area contributed by atoms with Crippen LogP contribution in [-0.2, 0) is 0 Å². The number of nitrogens with zero attached hydrogens (tertiary/aromatic N) is 1. The van der Waals surface area contributed by atoms with Gasteiger partial charge in [0, 0.05) is 0 Å². The summed E-state index contributed by atoms with van der Waals surface area (Å²) in [6.45, 7) is 14.0. The average Bonchev–Trinajstić information content (AvgIpc) is 2.12. The van der Waals surface area contributed by atoms with Gasteiger partial charge in [-0.2, -0.15) is 5.06 Å². The second kappa shape index (κ2) is 3.21. The Hall–Kier alpha value is -0.600. The Morgan fingerprint density at radius 2 is 1.93 bits per heavy atom. The lowest BCUT2D eigenvalue weighted by molar-refractivity contribution is -0.185. The highest BCUT2D eigenvalue weighted by Gasteiger charge is 2.44. The molecule has 1 heterocycles. The van der Waals surface area contributed by atoms with Gasteiger partial charge in [-0.1, -0.05) is 18.2 Å². The van der Waals surface area contributed by atoms with Crippen molar-refractivity contribution in [3.8, 4) is 0 Å². The molecule has 0 bridgehead atoms. The van der Waals surface area contributed by atoms with Crippen LogP contribution < -0.4 is 0 Å². The normalized spacial score (nSPS) is 24.9. The lowest BCUT2D eigenvalue weighted by Crippen LogP contribution is -2.47. The molecule has 0 spiro atoms. The summed E-state index contributed by atoms with van der Waals surface area (Å²) in [5.41, 5.74) is 1.84. The summed E-state index contributed by atoms with van der Waals surface area (Å²) in [5.74, 6) is 0. The van der Waals surface area contributed by atoms with Crippen LogP contribution in [-0.4, -0.2) is 21.3 Å². The van der Waals surface area contributed by atoms with Crippen LogP contribution in [0.2, 0.25) is 0 Å². The largest absolute Gasteiger partial charge is 0.312 e. The fraction of sp³-hybridized carbons (Fsp3) is 0.667. The molecule has 0 aromatic heterocycles. The van der Waals surface area contributed by atoms with Crippen LogP contribution in [0, 0.1) is 0 Å². The van der Waals surface area contributed by atoms with E-state index in [1.807, 2.05) is 34.6 Å². The highest BCUT2D eigenvalue weighted by molar-refractivity contribution is 5.32. The first-order valence-electron chi connectivity index (χ1n) is 5.04. The molecule has 14 heavy (non-hydrogen) atoms. The van der Waals surface area contributed by atoms with Crippen LogP contribution in [0.3, 0.4) is 0 Å². The van der Waals surface area contributed by atoms with Gasteiger partial charge in [-0.25, -0.2) is 0 Å². The van der Waals surface area contributed by atoms with Crippen molar-refractivity contribution >= 4 is 0 Å². The van der Waals surface area contributed by atoms with Gasteiger partial charge in [-0.05, 0) is 46.6 Å². The first-order chi connectivity index (χ1) is 6.18. The van der Waals surface area contributed by atoms with E-state index in [9.17, 15) is 5.21 Å². The number of allylic oxidation sites excluding steroid dienone is 1. The fourth-order valence-electron chi connectivity index (χ4n) is 2.11. The number of hydroxylamine groups is 2. The zero-order valence-corrected chi connectivity index (χ0v) is 9.89. The second-order valence-electron chi connectivity index (χ2n) is 5.33. The summed E-state index contributed by atoms with van der Waals surface area (Å²) in [5, 5.41) is 11.4. The molecule has 0 fully saturated rings. The quantitative estimate of drug-likeness (QED) is 0.684. The van der Waals surface area contributed by atoms with E-state index in [1.54, 1.807) is 0 Å². The topological polar surface area (TPSA) is 23.5 Å². The van der Waals surface area contributed by atoms with Gasteiger partial charge in [-0.3, -0.25) is 0 Å². The molecule has 0 unspecified atom stereocenters. The van der Waals surface area contributed by atoms with Crippen LogP contribution in [0.25, 0.3) is 0 Å². The van der Waals surface area contributed by atoms with Crippen molar-refractivity contribution < 1.29 is 5.21 Å². The summed E-state index contributed by atoms with van der Waals surface area (Å²) in [7, 11) is 0. The van der Waals surface area contributed by atoms with E-state index in [2.05, 4.69) is 12.7 Å². The van der Waals surface area contributed by atoms with Crippen molar-refractivity contribution in [2.45, 2.75) is 52.1 Å². The van der Waals surface area contributed by atoms with Gasteiger partial charge in [0.05, 0.1) is 11.1 Å². The van der Waals surface area contributed by atoms with Crippen molar-refractivity contribution in [2.24, 2.45) is 0 Å². The Morgan fingerprint density at radius 3 is 2.21 bits per heavy atom. The monoisotopic (exact) mass is 195 g/mol. The Balaban J connectivity index is 3.00. The molecule has 1 aliphatic heterocycles. The molecule has 1 rings (SSSR count). The first kappa shape index (κ1) is 11.5. The van der Waals surface area contributed by atoms with Crippen LogP contribution >= 0.6 is 0 Å². The molecule has 0 radical (unpaired) electrons. The third-order valence-electron chi connectivity index (χ3n) is 2.88. The van der Waals surface area contributed by atoms with Crippen molar-refractivity contribution in [1.82, 2.24) is 5.06 Å². The van der Waals surface area contributed by atoms with Gasteiger partial charge in [0.15, 0.2) is 0 Å².